The van der Waals surface area contributed by atoms with Crippen molar-refractivity contribution in [1.29, 1.82) is 0 Å². The molecular weight excluding hydrogens is 195 g/mol. The first-order valence-electron chi connectivity index (χ1n) is 4.87. The second-order valence-electron chi connectivity index (χ2n) is 4.22. The molecule has 0 aliphatic carbocycles. The van der Waals surface area contributed by atoms with Crippen LogP contribution < -0.4 is 0 Å². The number of rotatable bonds is 3. The van der Waals surface area contributed by atoms with Gasteiger partial charge in [-0.3, -0.25) is 0 Å². The first-order valence-corrected chi connectivity index (χ1v) is 4.87. The van der Waals surface area contributed by atoms with Crippen molar-refractivity contribution < 1.29 is 14.2 Å². The molecule has 1 aromatic rings. The highest BCUT2D eigenvalue weighted by atomic mass is 19.1. The summed E-state index contributed by atoms with van der Waals surface area (Å²) in [6.45, 7) is 5.25. The van der Waals surface area contributed by atoms with Crippen LogP contribution in [-0.4, -0.2) is 17.8 Å². The van der Waals surface area contributed by atoms with Crippen LogP contribution in [0.1, 0.15) is 31.1 Å². The van der Waals surface area contributed by atoms with Gasteiger partial charge in [0.05, 0.1) is 5.60 Å². The average molecular weight is 212 g/mol. The molecule has 1 N–H and O–H groups in total. The van der Waals surface area contributed by atoms with E-state index in [2.05, 4.69) is 0 Å². The molecule has 3 heteroatoms. The second-order valence-corrected chi connectivity index (χ2v) is 4.22. The Morgan fingerprint density at radius 1 is 1.40 bits per heavy atom. The Morgan fingerprint density at radius 3 is 2.47 bits per heavy atom. The van der Waals surface area contributed by atoms with Crippen LogP contribution in [0.5, 0.6) is 0 Å². The zero-order chi connectivity index (χ0) is 11.6. The smallest absolute Gasteiger partial charge is 0.126 e. The molecule has 0 bridgehead atoms. The molecule has 1 rings (SSSR count). The Kier molecular flexibility index (Phi) is 3.47. The van der Waals surface area contributed by atoms with Crippen molar-refractivity contribution in [3.8, 4) is 0 Å². The molecule has 1 unspecified atom stereocenters. The second kappa shape index (κ2) is 4.29. The fourth-order valence-corrected chi connectivity index (χ4v) is 1.35. The molecule has 84 valence electrons. The van der Waals surface area contributed by atoms with E-state index in [4.69, 9.17) is 4.74 Å². The predicted molar refractivity (Wildman–Crippen MR) is 57.2 cm³/mol. The van der Waals surface area contributed by atoms with E-state index in [0.717, 1.165) is 0 Å². The van der Waals surface area contributed by atoms with E-state index in [-0.39, 0.29) is 5.82 Å². The largest absolute Gasteiger partial charge is 0.385 e. The van der Waals surface area contributed by atoms with Gasteiger partial charge in [-0.05, 0) is 38.0 Å². The minimum absolute atomic E-state index is 0.263. The molecule has 15 heavy (non-hydrogen) atoms. The minimum atomic E-state index is -0.762. The molecular formula is C12H17FO2. The van der Waals surface area contributed by atoms with Crippen molar-refractivity contribution in [1.82, 2.24) is 0 Å². The van der Waals surface area contributed by atoms with Crippen molar-refractivity contribution in [3.63, 3.8) is 0 Å². The summed E-state index contributed by atoms with van der Waals surface area (Å²) in [6.07, 6.45) is -0.762. The molecule has 0 aliphatic rings. The number of benzene rings is 1. The van der Waals surface area contributed by atoms with Crippen LogP contribution in [0.3, 0.4) is 0 Å². The molecule has 0 aromatic heterocycles. The van der Waals surface area contributed by atoms with Crippen LogP contribution in [0.25, 0.3) is 0 Å². The maximum Gasteiger partial charge on any atom is 0.126 e. The highest BCUT2D eigenvalue weighted by Gasteiger charge is 2.28. The van der Waals surface area contributed by atoms with E-state index in [1.165, 1.54) is 6.07 Å². The number of ether oxygens (including phenoxy) is 1. The van der Waals surface area contributed by atoms with Gasteiger partial charge >= 0.3 is 0 Å². The quantitative estimate of drug-likeness (QED) is 0.834. The molecule has 0 aliphatic heterocycles. The lowest BCUT2D eigenvalue weighted by molar-refractivity contribution is -0.0793. The summed E-state index contributed by atoms with van der Waals surface area (Å²) in [6, 6.07) is 4.58. The van der Waals surface area contributed by atoms with Gasteiger partial charge in [-0.1, -0.05) is 12.1 Å². The van der Waals surface area contributed by atoms with Gasteiger partial charge in [0.25, 0.3) is 0 Å². The van der Waals surface area contributed by atoms with Gasteiger partial charge in [0.15, 0.2) is 0 Å². The van der Waals surface area contributed by atoms with Gasteiger partial charge in [-0.25, -0.2) is 4.39 Å². The summed E-state index contributed by atoms with van der Waals surface area (Å²) in [4.78, 5) is 0. The average Bonchev–Trinajstić information content (AvgIpc) is 2.21. The van der Waals surface area contributed by atoms with Crippen LogP contribution >= 0.6 is 0 Å². The number of aliphatic hydroxyl groups is 1. The van der Waals surface area contributed by atoms with Crippen molar-refractivity contribution in [2.75, 3.05) is 7.11 Å². The molecule has 0 amide bonds. The Bertz CT molecular complexity index is 347. The molecule has 2 nitrogen and oxygen atoms in total. The first kappa shape index (κ1) is 12.1. The summed E-state index contributed by atoms with van der Waals surface area (Å²) in [5.74, 6) is -0.263. The lowest BCUT2D eigenvalue weighted by atomic mass is 9.93. The summed E-state index contributed by atoms with van der Waals surface area (Å²) in [5, 5.41) is 10.0. The minimum Gasteiger partial charge on any atom is -0.385 e. The SMILES string of the molecule is COC(C)(C)C(O)c1ccc(F)c(C)c1. The van der Waals surface area contributed by atoms with E-state index in [1.807, 2.05) is 0 Å². The summed E-state index contributed by atoms with van der Waals surface area (Å²) in [5.41, 5.74) is 0.517. The lowest BCUT2D eigenvalue weighted by Gasteiger charge is -2.29. The standard InChI is InChI=1S/C12H17FO2/c1-8-7-9(5-6-10(8)13)11(14)12(2,3)15-4/h5-7,11,14H,1-4H3. The third-order valence-electron chi connectivity index (χ3n) is 2.68. The Balaban J connectivity index is 3.02. The number of methoxy groups -OCH3 is 1. The first-order chi connectivity index (χ1) is 6.88. The van der Waals surface area contributed by atoms with Crippen LogP contribution in [0.15, 0.2) is 18.2 Å². The van der Waals surface area contributed by atoms with Crippen molar-refractivity contribution >= 4 is 0 Å². The normalized spacial score (nSPS) is 14.0. The van der Waals surface area contributed by atoms with E-state index >= 15 is 0 Å². The van der Waals surface area contributed by atoms with E-state index in [0.29, 0.717) is 11.1 Å². The molecule has 0 fully saturated rings. The Morgan fingerprint density at radius 2 is 2.00 bits per heavy atom. The highest BCUT2D eigenvalue weighted by molar-refractivity contribution is 5.27. The summed E-state index contributed by atoms with van der Waals surface area (Å²) in [7, 11) is 1.54. The predicted octanol–water partition coefficient (Wildman–Crippen LogP) is 2.59. The van der Waals surface area contributed by atoms with Gasteiger partial charge < -0.3 is 9.84 Å². The molecule has 1 atom stereocenters. The number of aryl methyl sites for hydroxylation is 1. The number of aliphatic hydroxyl groups excluding tert-OH is 1. The van der Waals surface area contributed by atoms with Gasteiger partial charge in [-0.15, -0.1) is 0 Å². The van der Waals surface area contributed by atoms with E-state index < -0.39 is 11.7 Å². The van der Waals surface area contributed by atoms with Gasteiger partial charge in [-0.2, -0.15) is 0 Å². The number of halogens is 1. The molecule has 0 heterocycles. The summed E-state index contributed by atoms with van der Waals surface area (Å²) < 4.78 is 18.2. The topological polar surface area (TPSA) is 29.5 Å². The zero-order valence-corrected chi connectivity index (χ0v) is 9.54. The van der Waals surface area contributed by atoms with Gasteiger partial charge in [0.1, 0.15) is 11.9 Å². The third kappa shape index (κ3) is 2.55. The molecule has 0 saturated carbocycles. The maximum atomic E-state index is 13.0. The van der Waals surface area contributed by atoms with Crippen molar-refractivity contribution in [2.24, 2.45) is 0 Å². The maximum absolute atomic E-state index is 13.0. The fourth-order valence-electron chi connectivity index (χ4n) is 1.35. The van der Waals surface area contributed by atoms with Crippen molar-refractivity contribution in [2.45, 2.75) is 32.5 Å². The lowest BCUT2D eigenvalue weighted by Crippen LogP contribution is -2.31. The number of hydrogen-bond acceptors (Lipinski definition) is 2. The van der Waals surface area contributed by atoms with E-state index in [9.17, 15) is 9.50 Å². The zero-order valence-electron chi connectivity index (χ0n) is 9.54. The molecule has 1 aromatic carbocycles. The van der Waals surface area contributed by atoms with Gasteiger partial charge in [0, 0.05) is 7.11 Å². The van der Waals surface area contributed by atoms with E-state index in [1.54, 1.807) is 40.0 Å². The third-order valence-corrected chi connectivity index (χ3v) is 2.68. The molecule has 0 spiro atoms. The van der Waals surface area contributed by atoms with Crippen molar-refractivity contribution in [3.05, 3.63) is 35.1 Å². The molecule has 0 radical (unpaired) electrons. The molecule has 0 saturated heterocycles. The number of hydrogen-bond donors (Lipinski definition) is 1. The van der Waals surface area contributed by atoms with Crippen LogP contribution in [0, 0.1) is 12.7 Å². The Hall–Kier alpha value is -0.930. The highest BCUT2D eigenvalue weighted by Crippen LogP contribution is 2.28. The monoisotopic (exact) mass is 212 g/mol. The van der Waals surface area contributed by atoms with Gasteiger partial charge in [0.2, 0.25) is 0 Å². The van der Waals surface area contributed by atoms with Crippen LogP contribution in [0.4, 0.5) is 4.39 Å². The van der Waals surface area contributed by atoms with Crippen LogP contribution in [0.2, 0.25) is 0 Å². The summed E-state index contributed by atoms with van der Waals surface area (Å²) >= 11 is 0. The fraction of sp³-hybridized carbons (Fsp3) is 0.500. The Labute approximate surface area is 89.7 Å². The van der Waals surface area contributed by atoms with Crippen LogP contribution in [-0.2, 0) is 4.74 Å².